The van der Waals surface area contributed by atoms with E-state index in [0.29, 0.717) is 0 Å². The number of anilines is 1. The summed E-state index contributed by atoms with van der Waals surface area (Å²) >= 11 is 0. The quantitative estimate of drug-likeness (QED) is 0.789. The minimum Gasteiger partial charge on any atom is -0.368 e. The van der Waals surface area contributed by atoms with Crippen LogP contribution < -0.4 is 5.32 Å². The molecule has 0 radical (unpaired) electrons. The van der Waals surface area contributed by atoms with Crippen LogP contribution in [0.15, 0.2) is 60.7 Å². The molecule has 1 unspecified atom stereocenters. The zero-order chi connectivity index (χ0) is 14.4. The number of hydrogen-bond acceptors (Lipinski definition) is 3. The summed E-state index contributed by atoms with van der Waals surface area (Å²) in [5.41, 5.74) is 1.49. The molecular weight excluding hydrogens is 273 g/mol. The second-order valence-corrected chi connectivity index (χ2v) is 6.21. The third-order valence-electron chi connectivity index (χ3n) is 2.83. The predicted molar refractivity (Wildman–Crippen MR) is 80.7 cm³/mol. The van der Waals surface area contributed by atoms with Gasteiger partial charge in [-0.2, -0.15) is 0 Å². The van der Waals surface area contributed by atoms with Gasteiger partial charge >= 0.3 is 7.60 Å². The lowest BCUT2D eigenvalue weighted by atomic mass is 10.2. The molecule has 0 aliphatic heterocycles. The topological polar surface area (TPSA) is 58.6 Å². The Kier molecular flexibility index (Phi) is 4.96. The van der Waals surface area contributed by atoms with Crippen LogP contribution in [-0.2, 0) is 9.09 Å². The largest absolute Gasteiger partial charge is 0.368 e. The van der Waals surface area contributed by atoms with Crippen molar-refractivity contribution in [2.45, 2.75) is 12.7 Å². The monoisotopic (exact) mass is 291 g/mol. The molecule has 0 bridgehead atoms. The van der Waals surface area contributed by atoms with Crippen molar-refractivity contribution in [3.63, 3.8) is 0 Å². The molecule has 0 spiro atoms. The highest BCUT2D eigenvalue weighted by molar-refractivity contribution is 7.53. The van der Waals surface area contributed by atoms with Crippen molar-refractivity contribution in [2.75, 3.05) is 11.9 Å². The lowest BCUT2D eigenvalue weighted by molar-refractivity contribution is 0.267. The van der Waals surface area contributed by atoms with E-state index in [-0.39, 0.29) is 6.61 Å². The van der Waals surface area contributed by atoms with Crippen molar-refractivity contribution in [1.82, 2.24) is 0 Å². The van der Waals surface area contributed by atoms with Crippen LogP contribution in [0.3, 0.4) is 0 Å². The third-order valence-corrected chi connectivity index (χ3v) is 4.54. The Morgan fingerprint density at radius 3 is 2.20 bits per heavy atom. The predicted octanol–water partition coefficient (Wildman–Crippen LogP) is 4.02. The molecule has 106 valence electrons. The van der Waals surface area contributed by atoms with Gasteiger partial charge in [0.2, 0.25) is 0 Å². The van der Waals surface area contributed by atoms with Crippen LogP contribution in [0.2, 0.25) is 0 Å². The zero-order valence-electron chi connectivity index (χ0n) is 11.3. The third kappa shape index (κ3) is 3.70. The van der Waals surface area contributed by atoms with E-state index in [1.165, 1.54) is 0 Å². The van der Waals surface area contributed by atoms with Gasteiger partial charge in [0.1, 0.15) is 0 Å². The summed E-state index contributed by atoms with van der Waals surface area (Å²) in [7, 11) is -3.80. The van der Waals surface area contributed by atoms with Crippen LogP contribution in [-0.4, -0.2) is 11.5 Å². The Labute approximate surface area is 119 Å². The van der Waals surface area contributed by atoms with Gasteiger partial charge in [-0.15, -0.1) is 0 Å². The standard InChI is InChI=1S/C15H18NO3P/c1-2-19-20(17,18)15(13-9-5-3-6-10-13)16-14-11-7-4-8-12-14/h3-12,15-16H,2H2,1H3,(H,17,18)/t15-/m0/s1. The molecule has 20 heavy (non-hydrogen) atoms. The molecule has 2 rings (SSSR count). The van der Waals surface area contributed by atoms with Gasteiger partial charge in [-0.3, -0.25) is 4.57 Å². The van der Waals surface area contributed by atoms with E-state index in [2.05, 4.69) is 5.32 Å². The average molecular weight is 291 g/mol. The molecule has 0 saturated carbocycles. The Balaban J connectivity index is 2.32. The summed E-state index contributed by atoms with van der Waals surface area (Å²) in [6.07, 6.45) is 0. The zero-order valence-corrected chi connectivity index (χ0v) is 12.2. The summed E-state index contributed by atoms with van der Waals surface area (Å²) in [4.78, 5) is 10.2. The molecule has 2 aromatic rings. The number of rotatable bonds is 6. The maximum absolute atomic E-state index is 12.4. The van der Waals surface area contributed by atoms with Gasteiger partial charge in [0.25, 0.3) is 0 Å². The first-order chi connectivity index (χ1) is 9.63. The van der Waals surface area contributed by atoms with E-state index in [9.17, 15) is 9.46 Å². The van der Waals surface area contributed by atoms with E-state index >= 15 is 0 Å². The first-order valence-electron chi connectivity index (χ1n) is 6.47. The maximum atomic E-state index is 12.4. The summed E-state index contributed by atoms with van der Waals surface area (Å²) in [6.45, 7) is 1.89. The van der Waals surface area contributed by atoms with Gasteiger partial charge < -0.3 is 14.7 Å². The molecule has 2 N–H and O–H groups in total. The highest BCUT2D eigenvalue weighted by Crippen LogP contribution is 2.56. The minimum absolute atomic E-state index is 0.188. The van der Waals surface area contributed by atoms with Crippen molar-refractivity contribution >= 4 is 13.3 Å². The van der Waals surface area contributed by atoms with Crippen molar-refractivity contribution in [2.24, 2.45) is 0 Å². The van der Waals surface area contributed by atoms with Gasteiger partial charge in [0.15, 0.2) is 5.78 Å². The fraction of sp³-hybridized carbons (Fsp3) is 0.200. The van der Waals surface area contributed by atoms with Crippen LogP contribution in [0.4, 0.5) is 5.69 Å². The van der Waals surface area contributed by atoms with Crippen LogP contribution in [0, 0.1) is 0 Å². The Hall–Kier alpha value is -1.61. The fourth-order valence-corrected chi connectivity index (χ4v) is 3.32. The number of benzene rings is 2. The van der Waals surface area contributed by atoms with Gasteiger partial charge in [-0.25, -0.2) is 0 Å². The van der Waals surface area contributed by atoms with E-state index in [1.807, 2.05) is 60.7 Å². The summed E-state index contributed by atoms with van der Waals surface area (Å²) in [5.74, 6) is -0.786. The maximum Gasteiger partial charge on any atom is 0.354 e. The molecule has 0 amide bonds. The first kappa shape index (κ1) is 14.8. The average Bonchev–Trinajstić information content (AvgIpc) is 2.46. The van der Waals surface area contributed by atoms with Gasteiger partial charge in [0, 0.05) is 5.69 Å². The van der Waals surface area contributed by atoms with Gasteiger partial charge in [0.05, 0.1) is 6.61 Å². The fourth-order valence-electron chi connectivity index (χ4n) is 1.94. The lowest BCUT2D eigenvalue weighted by Crippen LogP contribution is -2.13. The Morgan fingerprint density at radius 1 is 1.10 bits per heavy atom. The molecule has 2 atom stereocenters. The molecule has 0 heterocycles. The minimum atomic E-state index is -3.80. The molecule has 2 aromatic carbocycles. The highest BCUT2D eigenvalue weighted by Gasteiger charge is 2.33. The van der Waals surface area contributed by atoms with Gasteiger partial charge in [-0.05, 0) is 24.6 Å². The van der Waals surface area contributed by atoms with Crippen LogP contribution in [0.1, 0.15) is 18.3 Å². The molecule has 0 saturated heterocycles. The molecule has 0 aromatic heterocycles. The number of hydrogen-bond donors (Lipinski definition) is 2. The SMILES string of the molecule is CCOP(=O)(O)[C@H](Nc1ccccc1)c1ccccc1. The summed E-state index contributed by atoms with van der Waals surface area (Å²) < 4.78 is 17.5. The summed E-state index contributed by atoms with van der Waals surface area (Å²) in [6, 6.07) is 18.5. The molecule has 0 aliphatic rings. The first-order valence-corrected chi connectivity index (χ1v) is 8.11. The molecular formula is C15H18NO3P. The highest BCUT2D eigenvalue weighted by atomic mass is 31.2. The van der Waals surface area contributed by atoms with Crippen LogP contribution >= 0.6 is 7.60 Å². The molecule has 0 fully saturated rings. The Morgan fingerprint density at radius 2 is 1.65 bits per heavy atom. The number of nitrogens with one attached hydrogen (secondary N) is 1. The van der Waals surface area contributed by atoms with Gasteiger partial charge in [-0.1, -0.05) is 48.5 Å². The smallest absolute Gasteiger partial charge is 0.354 e. The second-order valence-electron chi connectivity index (χ2n) is 4.31. The molecule has 5 heteroatoms. The number of para-hydroxylation sites is 1. The van der Waals surface area contributed by atoms with E-state index in [0.717, 1.165) is 11.3 Å². The van der Waals surface area contributed by atoms with E-state index < -0.39 is 13.4 Å². The van der Waals surface area contributed by atoms with Crippen molar-refractivity contribution in [1.29, 1.82) is 0 Å². The summed E-state index contributed by atoms with van der Waals surface area (Å²) in [5, 5.41) is 3.08. The Bertz CT molecular complexity index is 574. The van der Waals surface area contributed by atoms with E-state index in [1.54, 1.807) is 6.92 Å². The van der Waals surface area contributed by atoms with Crippen molar-refractivity contribution < 1.29 is 14.0 Å². The lowest BCUT2D eigenvalue weighted by Gasteiger charge is -2.24. The van der Waals surface area contributed by atoms with Crippen LogP contribution in [0.5, 0.6) is 0 Å². The van der Waals surface area contributed by atoms with Crippen LogP contribution in [0.25, 0.3) is 0 Å². The van der Waals surface area contributed by atoms with Crippen molar-refractivity contribution in [3.05, 3.63) is 66.2 Å². The van der Waals surface area contributed by atoms with Crippen molar-refractivity contribution in [3.8, 4) is 0 Å². The molecule has 4 nitrogen and oxygen atoms in total. The molecule has 0 aliphatic carbocycles. The second kappa shape index (κ2) is 6.71. The normalized spacial score (nSPS) is 15.3. The van der Waals surface area contributed by atoms with E-state index in [4.69, 9.17) is 4.52 Å².